The summed E-state index contributed by atoms with van der Waals surface area (Å²) in [6.45, 7) is -2.93. The van der Waals surface area contributed by atoms with Gasteiger partial charge in [0.05, 0.1) is 8.81 Å². The van der Waals surface area contributed by atoms with Gasteiger partial charge in [-0.1, -0.05) is 11.6 Å². The van der Waals surface area contributed by atoms with E-state index in [1.165, 1.54) is 30.3 Å². The summed E-state index contributed by atoms with van der Waals surface area (Å²) >= 11 is 9.89. The Bertz CT molecular complexity index is 715. The van der Waals surface area contributed by atoms with E-state index in [4.69, 9.17) is 11.6 Å². The highest BCUT2D eigenvalue weighted by atomic mass is 79.9. The van der Waals surface area contributed by atoms with Crippen molar-refractivity contribution in [1.29, 1.82) is 0 Å². The summed E-state index contributed by atoms with van der Waals surface area (Å²) in [7, 11) is -3.79. The van der Waals surface area contributed by atoms with E-state index in [1.54, 1.807) is 0 Å². The number of nitrogens with one attached hydrogen (secondary N) is 1. The van der Waals surface area contributed by atoms with Crippen molar-refractivity contribution in [2.24, 2.45) is 0 Å². The van der Waals surface area contributed by atoms with Crippen molar-refractivity contribution < 1.29 is 21.9 Å². The largest absolute Gasteiger partial charge is 0.435 e. The zero-order valence-corrected chi connectivity index (χ0v) is 14.0. The van der Waals surface area contributed by atoms with Crippen LogP contribution in [0, 0.1) is 0 Å². The first-order chi connectivity index (χ1) is 9.78. The van der Waals surface area contributed by atoms with Crippen molar-refractivity contribution in [3.8, 4) is 5.75 Å². The van der Waals surface area contributed by atoms with Gasteiger partial charge in [0.15, 0.2) is 0 Å². The Kier molecular flexibility index (Phi) is 5.07. The SMILES string of the molecule is O=S(=O)(Nc1ccc(OC(F)F)cc1)c1cc(Cl)c(Br)s1. The van der Waals surface area contributed by atoms with E-state index in [1.807, 2.05) is 0 Å². The van der Waals surface area contributed by atoms with Gasteiger partial charge in [0.25, 0.3) is 10.0 Å². The molecule has 0 amide bonds. The lowest BCUT2D eigenvalue weighted by Gasteiger charge is -2.08. The van der Waals surface area contributed by atoms with Crippen LogP contribution in [-0.4, -0.2) is 15.0 Å². The Morgan fingerprint density at radius 2 is 1.90 bits per heavy atom. The van der Waals surface area contributed by atoms with E-state index < -0.39 is 16.6 Å². The Hall–Kier alpha value is -0.900. The minimum atomic E-state index is -3.79. The van der Waals surface area contributed by atoms with Gasteiger partial charge in [-0.25, -0.2) is 8.42 Å². The van der Waals surface area contributed by atoms with Gasteiger partial charge in [0, 0.05) is 5.69 Å². The molecule has 0 aliphatic carbocycles. The molecule has 0 saturated heterocycles. The fourth-order valence-electron chi connectivity index (χ4n) is 1.37. The smallest absolute Gasteiger partial charge is 0.387 e. The summed E-state index contributed by atoms with van der Waals surface area (Å²) in [4.78, 5) is 0. The number of benzene rings is 1. The van der Waals surface area contributed by atoms with Crippen molar-refractivity contribution in [2.75, 3.05) is 4.72 Å². The predicted octanol–water partition coefficient (Wildman–Crippen LogP) is 4.57. The van der Waals surface area contributed by atoms with Crippen molar-refractivity contribution in [3.63, 3.8) is 0 Å². The number of hydrogen-bond donors (Lipinski definition) is 1. The van der Waals surface area contributed by atoms with Crippen LogP contribution in [0.5, 0.6) is 5.75 Å². The molecule has 0 unspecified atom stereocenters. The Morgan fingerprint density at radius 1 is 1.29 bits per heavy atom. The van der Waals surface area contributed by atoms with E-state index in [2.05, 4.69) is 25.4 Å². The van der Waals surface area contributed by atoms with Gasteiger partial charge in [-0.15, -0.1) is 11.3 Å². The third-order valence-electron chi connectivity index (χ3n) is 2.22. The molecule has 4 nitrogen and oxygen atoms in total. The first-order valence-electron chi connectivity index (χ1n) is 5.30. The van der Waals surface area contributed by atoms with Crippen molar-refractivity contribution in [2.45, 2.75) is 10.8 Å². The number of sulfonamides is 1. The summed E-state index contributed by atoms with van der Waals surface area (Å²) in [6.07, 6.45) is 0. The molecular formula is C11H7BrClF2NO3S2. The summed E-state index contributed by atoms with van der Waals surface area (Å²) in [6, 6.07) is 6.43. The van der Waals surface area contributed by atoms with Crippen LogP contribution in [0.2, 0.25) is 5.02 Å². The molecule has 114 valence electrons. The average Bonchev–Trinajstić information content (AvgIpc) is 2.72. The average molecular weight is 419 g/mol. The minimum absolute atomic E-state index is 0.0345. The van der Waals surface area contributed by atoms with Crippen molar-refractivity contribution >= 4 is 54.6 Å². The summed E-state index contributed by atoms with van der Waals surface area (Å²) in [5.41, 5.74) is 0.220. The molecule has 1 aromatic carbocycles. The standard InChI is InChI=1S/C11H7BrClF2NO3S2/c12-10-8(13)5-9(20-10)21(17,18)16-6-1-3-7(4-2-6)19-11(14)15/h1-5,11,16H. The normalized spacial score (nSPS) is 11.7. The predicted molar refractivity (Wildman–Crippen MR) is 80.9 cm³/mol. The number of hydrogen-bond acceptors (Lipinski definition) is 4. The molecule has 1 heterocycles. The van der Waals surface area contributed by atoms with Crippen LogP contribution in [0.15, 0.2) is 38.3 Å². The van der Waals surface area contributed by atoms with Crippen LogP contribution in [0.4, 0.5) is 14.5 Å². The monoisotopic (exact) mass is 417 g/mol. The van der Waals surface area contributed by atoms with Gasteiger partial charge in [0.2, 0.25) is 0 Å². The van der Waals surface area contributed by atoms with Gasteiger partial charge in [0.1, 0.15) is 9.96 Å². The molecule has 0 radical (unpaired) electrons. The molecule has 0 saturated carbocycles. The van der Waals surface area contributed by atoms with Crippen LogP contribution >= 0.6 is 38.9 Å². The zero-order chi connectivity index (χ0) is 15.6. The summed E-state index contributed by atoms with van der Waals surface area (Å²) in [5, 5.41) is 0.293. The third kappa shape index (κ3) is 4.29. The maximum atomic E-state index is 12.1. The molecule has 10 heteroatoms. The lowest BCUT2D eigenvalue weighted by molar-refractivity contribution is -0.0498. The van der Waals surface area contributed by atoms with Crippen LogP contribution in [0.3, 0.4) is 0 Å². The number of rotatable bonds is 5. The van der Waals surface area contributed by atoms with E-state index in [9.17, 15) is 17.2 Å². The Labute approximate surface area is 136 Å². The highest BCUT2D eigenvalue weighted by Crippen LogP contribution is 2.35. The fraction of sp³-hybridized carbons (Fsp3) is 0.0909. The number of halogens is 4. The van der Waals surface area contributed by atoms with Crippen LogP contribution in [-0.2, 0) is 10.0 Å². The van der Waals surface area contributed by atoms with Crippen LogP contribution in [0.25, 0.3) is 0 Å². The minimum Gasteiger partial charge on any atom is -0.435 e. The van der Waals surface area contributed by atoms with E-state index in [0.29, 0.717) is 8.81 Å². The third-order valence-corrected chi connectivity index (χ3v) is 6.55. The number of alkyl halides is 2. The quantitative estimate of drug-likeness (QED) is 0.774. The molecule has 21 heavy (non-hydrogen) atoms. The van der Waals surface area contributed by atoms with Crippen LogP contribution < -0.4 is 9.46 Å². The number of ether oxygens (including phenoxy) is 1. The van der Waals surface area contributed by atoms with Gasteiger partial charge in [-0.2, -0.15) is 8.78 Å². The molecule has 0 atom stereocenters. The molecule has 0 spiro atoms. The lowest BCUT2D eigenvalue weighted by Crippen LogP contribution is -2.11. The molecule has 2 aromatic rings. The molecular weight excluding hydrogens is 412 g/mol. The van der Waals surface area contributed by atoms with Crippen molar-refractivity contribution in [3.05, 3.63) is 39.1 Å². The number of anilines is 1. The van der Waals surface area contributed by atoms with Gasteiger partial charge < -0.3 is 4.74 Å². The Balaban J connectivity index is 2.17. The second kappa shape index (κ2) is 6.47. The second-order valence-electron chi connectivity index (χ2n) is 3.70. The van der Waals surface area contributed by atoms with Gasteiger partial charge in [-0.05, 0) is 46.3 Å². The first kappa shape index (κ1) is 16.5. The summed E-state index contributed by atoms with van der Waals surface area (Å²) in [5.74, 6) is -0.0603. The van der Waals surface area contributed by atoms with Gasteiger partial charge in [-0.3, -0.25) is 4.72 Å². The maximum Gasteiger partial charge on any atom is 0.387 e. The topological polar surface area (TPSA) is 55.4 Å². The zero-order valence-electron chi connectivity index (χ0n) is 10.0. The molecule has 0 bridgehead atoms. The molecule has 2 rings (SSSR count). The van der Waals surface area contributed by atoms with E-state index in [-0.39, 0.29) is 15.6 Å². The lowest BCUT2D eigenvalue weighted by atomic mass is 10.3. The number of thiophene rings is 1. The van der Waals surface area contributed by atoms with Crippen molar-refractivity contribution in [1.82, 2.24) is 0 Å². The highest BCUT2D eigenvalue weighted by molar-refractivity contribution is 9.11. The molecule has 0 aliphatic rings. The Morgan fingerprint density at radius 3 is 2.38 bits per heavy atom. The fourth-order valence-corrected chi connectivity index (χ4v) is 4.83. The van der Waals surface area contributed by atoms with Gasteiger partial charge >= 0.3 is 6.61 Å². The second-order valence-corrected chi connectivity index (χ2v) is 8.38. The highest BCUT2D eigenvalue weighted by Gasteiger charge is 2.19. The molecule has 1 aromatic heterocycles. The molecule has 0 fully saturated rings. The first-order valence-corrected chi connectivity index (χ1v) is 8.77. The van der Waals surface area contributed by atoms with E-state index >= 15 is 0 Å². The molecule has 1 N–H and O–H groups in total. The maximum absolute atomic E-state index is 12.1. The summed E-state index contributed by atoms with van der Waals surface area (Å²) < 4.78 is 55.2. The van der Waals surface area contributed by atoms with Crippen LogP contribution in [0.1, 0.15) is 0 Å². The van der Waals surface area contributed by atoms with E-state index in [0.717, 1.165) is 11.3 Å². The molecule has 0 aliphatic heterocycles.